The Balaban J connectivity index is 2.06. The fourth-order valence-electron chi connectivity index (χ4n) is 3.11. The van der Waals surface area contributed by atoms with E-state index in [4.69, 9.17) is 4.74 Å². The zero-order chi connectivity index (χ0) is 9.15. The molecule has 2 fully saturated rings. The monoisotopic (exact) mass is 183 g/mol. The second-order valence-corrected chi connectivity index (χ2v) is 4.61. The summed E-state index contributed by atoms with van der Waals surface area (Å²) in [6.07, 6.45) is 8.71. The van der Waals surface area contributed by atoms with Crippen LogP contribution in [0.15, 0.2) is 0 Å². The van der Waals surface area contributed by atoms with Gasteiger partial charge in [-0.1, -0.05) is 19.3 Å². The maximum Gasteiger partial charge on any atom is 0.0651 e. The van der Waals surface area contributed by atoms with E-state index < -0.39 is 0 Å². The number of ether oxygens (including phenoxy) is 1. The van der Waals surface area contributed by atoms with Crippen molar-refractivity contribution in [2.24, 2.45) is 5.41 Å². The van der Waals surface area contributed by atoms with Crippen molar-refractivity contribution >= 4 is 0 Å². The summed E-state index contributed by atoms with van der Waals surface area (Å²) in [5.74, 6) is 0. The van der Waals surface area contributed by atoms with E-state index in [-0.39, 0.29) is 0 Å². The predicted octanol–water partition coefficient (Wildman–Crippen LogP) is 1.95. The van der Waals surface area contributed by atoms with Crippen molar-refractivity contribution in [1.29, 1.82) is 0 Å². The van der Waals surface area contributed by atoms with E-state index in [1.807, 2.05) is 7.11 Å². The van der Waals surface area contributed by atoms with E-state index >= 15 is 0 Å². The molecule has 0 aromatic heterocycles. The van der Waals surface area contributed by atoms with Gasteiger partial charge in [0.05, 0.1) is 6.10 Å². The zero-order valence-electron chi connectivity index (χ0n) is 8.64. The molecule has 0 radical (unpaired) electrons. The largest absolute Gasteiger partial charge is 0.381 e. The predicted molar refractivity (Wildman–Crippen MR) is 53.8 cm³/mol. The van der Waals surface area contributed by atoms with Gasteiger partial charge in [-0.3, -0.25) is 0 Å². The lowest BCUT2D eigenvalue weighted by Crippen LogP contribution is -2.51. The first kappa shape index (κ1) is 9.47. The Morgan fingerprint density at radius 3 is 2.69 bits per heavy atom. The van der Waals surface area contributed by atoms with Crippen molar-refractivity contribution < 1.29 is 4.74 Å². The summed E-state index contributed by atoms with van der Waals surface area (Å²) in [4.78, 5) is 0. The SMILES string of the molecule is COC1CCNCC12CCCCC2. The molecule has 2 heteroatoms. The molecule has 1 aliphatic carbocycles. The van der Waals surface area contributed by atoms with Crippen LogP contribution in [-0.4, -0.2) is 26.3 Å². The quantitative estimate of drug-likeness (QED) is 0.671. The van der Waals surface area contributed by atoms with E-state index in [1.54, 1.807) is 0 Å². The Morgan fingerprint density at radius 1 is 1.23 bits per heavy atom. The van der Waals surface area contributed by atoms with Crippen molar-refractivity contribution in [3.8, 4) is 0 Å². The Morgan fingerprint density at radius 2 is 2.00 bits per heavy atom. The van der Waals surface area contributed by atoms with Crippen LogP contribution < -0.4 is 5.32 Å². The molecule has 1 saturated carbocycles. The molecule has 76 valence electrons. The third kappa shape index (κ3) is 1.75. The highest BCUT2D eigenvalue weighted by molar-refractivity contribution is 4.94. The highest BCUT2D eigenvalue weighted by Gasteiger charge is 2.41. The van der Waals surface area contributed by atoms with Crippen LogP contribution in [-0.2, 0) is 4.74 Å². The molecule has 1 aliphatic heterocycles. The van der Waals surface area contributed by atoms with Gasteiger partial charge in [-0.05, 0) is 25.8 Å². The van der Waals surface area contributed by atoms with Gasteiger partial charge in [0.1, 0.15) is 0 Å². The van der Waals surface area contributed by atoms with E-state index in [0.29, 0.717) is 11.5 Å². The van der Waals surface area contributed by atoms with Crippen molar-refractivity contribution in [1.82, 2.24) is 5.32 Å². The van der Waals surface area contributed by atoms with Crippen LogP contribution in [0.1, 0.15) is 38.5 Å². The second kappa shape index (κ2) is 3.97. The van der Waals surface area contributed by atoms with Gasteiger partial charge in [0.15, 0.2) is 0 Å². The molecule has 0 aromatic rings. The molecule has 1 N–H and O–H groups in total. The number of hydrogen-bond acceptors (Lipinski definition) is 2. The lowest BCUT2D eigenvalue weighted by atomic mass is 9.68. The number of methoxy groups -OCH3 is 1. The van der Waals surface area contributed by atoms with Crippen molar-refractivity contribution in [3.63, 3.8) is 0 Å². The second-order valence-electron chi connectivity index (χ2n) is 4.61. The van der Waals surface area contributed by atoms with Crippen LogP contribution in [0.4, 0.5) is 0 Å². The number of piperidine rings is 1. The summed E-state index contributed by atoms with van der Waals surface area (Å²) in [7, 11) is 1.88. The highest BCUT2D eigenvalue weighted by Crippen LogP contribution is 2.42. The molecule has 0 aromatic carbocycles. The first-order valence-corrected chi connectivity index (χ1v) is 5.61. The Bertz CT molecular complexity index is 155. The molecule has 13 heavy (non-hydrogen) atoms. The smallest absolute Gasteiger partial charge is 0.0651 e. The van der Waals surface area contributed by atoms with Gasteiger partial charge in [-0.2, -0.15) is 0 Å². The first-order chi connectivity index (χ1) is 6.37. The van der Waals surface area contributed by atoms with Gasteiger partial charge in [0.2, 0.25) is 0 Å². The maximum atomic E-state index is 5.64. The van der Waals surface area contributed by atoms with Crippen LogP contribution >= 0.6 is 0 Å². The van der Waals surface area contributed by atoms with E-state index in [9.17, 15) is 0 Å². The fraction of sp³-hybridized carbons (Fsp3) is 1.00. The number of nitrogens with one attached hydrogen (secondary N) is 1. The van der Waals surface area contributed by atoms with Crippen molar-refractivity contribution in [2.75, 3.05) is 20.2 Å². The number of hydrogen-bond donors (Lipinski definition) is 1. The minimum atomic E-state index is 0.491. The highest BCUT2D eigenvalue weighted by atomic mass is 16.5. The van der Waals surface area contributed by atoms with Crippen molar-refractivity contribution in [3.05, 3.63) is 0 Å². The molecule has 0 amide bonds. The van der Waals surface area contributed by atoms with Gasteiger partial charge in [-0.15, -0.1) is 0 Å². The van der Waals surface area contributed by atoms with Gasteiger partial charge in [0.25, 0.3) is 0 Å². The van der Waals surface area contributed by atoms with Gasteiger partial charge < -0.3 is 10.1 Å². The number of rotatable bonds is 1. The van der Waals surface area contributed by atoms with E-state index in [1.165, 1.54) is 45.1 Å². The van der Waals surface area contributed by atoms with Crippen LogP contribution in [0.3, 0.4) is 0 Å². The molecule has 2 rings (SSSR count). The summed E-state index contributed by atoms with van der Waals surface area (Å²) in [5, 5.41) is 3.53. The van der Waals surface area contributed by atoms with Crippen LogP contribution in [0.5, 0.6) is 0 Å². The van der Waals surface area contributed by atoms with Gasteiger partial charge in [0, 0.05) is 19.1 Å². The Labute approximate surface area is 81.0 Å². The minimum absolute atomic E-state index is 0.491. The third-order valence-electron chi connectivity index (χ3n) is 3.88. The van der Waals surface area contributed by atoms with Gasteiger partial charge >= 0.3 is 0 Å². The Hall–Kier alpha value is -0.0800. The summed E-state index contributed by atoms with van der Waals surface area (Å²) >= 11 is 0. The topological polar surface area (TPSA) is 21.3 Å². The molecule has 1 spiro atoms. The van der Waals surface area contributed by atoms with Gasteiger partial charge in [-0.25, -0.2) is 0 Å². The van der Waals surface area contributed by atoms with Crippen LogP contribution in [0.2, 0.25) is 0 Å². The molecule has 1 atom stereocenters. The summed E-state index contributed by atoms with van der Waals surface area (Å²) < 4.78 is 5.64. The average Bonchev–Trinajstić information content (AvgIpc) is 2.20. The molecule has 2 nitrogen and oxygen atoms in total. The summed E-state index contributed by atoms with van der Waals surface area (Å²) in [6, 6.07) is 0. The third-order valence-corrected chi connectivity index (χ3v) is 3.88. The standard InChI is InChI=1S/C11H21NO/c1-13-10-5-8-12-9-11(10)6-3-2-4-7-11/h10,12H,2-9H2,1H3. The lowest BCUT2D eigenvalue weighted by molar-refractivity contribution is -0.0535. The zero-order valence-corrected chi connectivity index (χ0v) is 8.64. The molecule has 1 heterocycles. The minimum Gasteiger partial charge on any atom is -0.381 e. The van der Waals surface area contributed by atoms with E-state index in [2.05, 4.69) is 5.32 Å². The van der Waals surface area contributed by atoms with E-state index in [0.717, 1.165) is 6.54 Å². The molecular weight excluding hydrogens is 162 g/mol. The lowest BCUT2D eigenvalue weighted by Gasteiger charge is -2.46. The summed E-state index contributed by atoms with van der Waals surface area (Å²) in [6.45, 7) is 2.33. The average molecular weight is 183 g/mol. The Kier molecular flexibility index (Phi) is 2.89. The molecule has 1 unspecified atom stereocenters. The first-order valence-electron chi connectivity index (χ1n) is 5.61. The maximum absolute atomic E-state index is 5.64. The summed E-state index contributed by atoms with van der Waals surface area (Å²) in [5.41, 5.74) is 0.491. The van der Waals surface area contributed by atoms with Crippen LogP contribution in [0.25, 0.3) is 0 Å². The van der Waals surface area contributed by atoms with Crippen LogP contribution in [0, 0.1) is 5.41 Å². The molecular formula is C11H21NO. The fourth-order valence-corrected chi connectivity index (χ4v) is 3.11. The molecule has 1 saturated heterocycles. The van der Waals surface area contributed by atoms with Crippen molar-refractivity contribution in [2.45, 2.75) is 44.6 Å². The normalized spacial score (nSPS) is 33.5. The molecule has 0 bridgehead atoms. The molecule has 2 aliphatic rings.